The predicted molar refractivity (Wildman–Crippen MR) is 107 cm³/mol. The van der Waals surface area contributed by atoms with Gasteiger partial charge in [0.25, 0.3) is 0 Å². The van der Waals surface area contributed by atoms with Crippen molar-refractivity contribution in [2.45, 2.75) is 22.6 Å². The summed E-state index contributed by atoms with van der Waals surface area (Å²) in [6.07, 6.45) is 0.0573. The van der Waals surface area contributed by atoms with Crippen LogP contribution >= 0.6 is 23.4 Å². The van der Waals surface area contributed by atoms with Crippen molar-refractivity contribution in [1.82, 2.24) is 0 Å². The Labute approximate surface area is 170 Å². The summed E-state index contributed by atoms with van der Waals surface area (Å²) in [6.45, 7) is 0. The molecule has 2 amide bonds. The minimum Gasteiger partial charge on any atom is -0.325 e. The maximum Gasteiger partial charge on any atom is 0.225 e. The Morgan fingerprint density at radius 3 is 2.79 bits per heavy atom. The summed E-state index contributed by atoms with van der Waals surface area (Å²) < 4.78 is 38.2. The van der Waals surface area contributed by atoms with Crippen molar-refractivity contribution in [3.63, 3.8) is 0 Å². The third-order valence-corrected chi connectivity index (χ3v) is 7.08. The first-order valence-corrected chi connectivity index (χ1v) is 11.3. The topological polar surface area (TPSA) is 92.3 Å². The number of hydrogen-bond donors (Lipinski definition) is 2. The highest BCUT2D eigenvalue weighted by Gasteiger charge is 2.21. The molecule has 1 aliphatic heterocycles. The average molecular weight is 443 g/mol. The minimum absolute atomic E-state index is 0.0233. The number of amides is 2. The quantitative estimate of drug-likeness (QED) is 0.736. The summed E-state index contributed by atoms with van der Waals surface area (Å²) in [5, 5.41) is 5.18. The number of thioether (sulfide) groups is 1. The number of sulfone groups is 1. The molecule has 0 radical (unpaired) electrons. The van der Waals surface area contributed by atoms with Crippen molar-refractivity contribution in [3.8, 4) is 0 Å². The molecule has 148 valence electrons. The van der Waals surface area contributed by atoms with E-state index in [9.17, 15) is 22.4 Å². The largest absolute Gasteiger partial charge is 0.325 e. The first kappa shape index (κ1) is 20.6. The molecule has 2 N–H and O–H groups in total. The molecule has 28 heavy (non-hydrogen) atoms. The van der Waals surface area contributed by atoms with Gasteiger partial charge in [0.1, 0.15) is 5.82 Å². The Bertz CT molecular complexity index is 1040. The molecule has 0 aliphatic carbocycles. The van der Waals surface area contributed by atoms with Crippen molar-refractivity contribution < 1.29 is 22.4 Å². The van der Waals surface area contributed by atoms with E-state index in [-0.39, 0.29) is 27.9 Å². The van der Waals surface area contributed by atoms with Crippen LogP contribution in [0.15, 0.2) is 46.2 Å². The number of carbonyl (C=O) groups excluding carboxylic acids is 2. The van der Waals surface area contributed by atoms with Gasteiger partial charge in [0.15, 0.2) is 9.84 Å². The van der Waals surface area contributed by atoms with E-state index in [1.54, 1.807) is 6.07 Å². The van der Waals surface area contributed by atoms with E-state index in [1.165, 1.54) is 30.0 Å². The van der Waals surface area contributed by atoms with Crippen molar-refractivity contribution in [2.75, 3.05) is 22.1 Å². The molecule has 3 rings (SSSR count). The summed E-state index contributed by atoms with van der Waals surface area (Å²) in [5.41, 5.74) is 0.659. The molecule has 0 fully saturated rings. The Morgan fingerprint density at radius 1 is 1.25 bits per heavy atom. The van der Waals surface area contributed by atoms with Crippen LogP contribution in [-0.2, 0) is 19.4 Å². The zero-order valence-electron chi connectivity index (χ0n) is 14.5. The highest BCUT2D eigenvalue weighted by Crippen LogP contribution is 2.33. The smallest absolute Gasteiger partial charge is 0.225 e. The fourth-order valence-corrected chi connectivity index (χ4v) is 4.96. The Hall–Kier alpha value is -2.10. The van der Waals surface area contributed by atoms with E-state index >= 15 is 0 Å². The van der Waals surface area contributed by atoms with Crippen LogP contribution in [0.25, 0.3) is 0 Å². The molecule has 0 bridgehead atoms. The van der Waals surface area contributed by atoms with Gasteiger partial charge in [-0.3, -0.25) is 9.59 Å². The van der Waals surface area contributed by atoms with Crippen LogP contribution in [0.2, 0.25) is 5.02 Å². The normalized spacial score (nSPS) is 14.0. The maximum atomic E-state index is 13.0. The number of rotatable bonds is 5. The number of nitrogens with one attached hydrogen (secondary N) is 2. The second-order valence-corrected chi connectivity index (χ2v) is 9.70. The van der Waals surface area contributed by atoms with Crippen molar-refractivity contribution in [1.29, 1.82) is 0 Å². The van der Waals surface area contributed by atoms with Gasteiger partial charge in [-0.15, -0.1) is 11.8 Å². The van der Waals surface area contributed by atoms with E-state index in [0.717, 1.165) is 17.0 Å². The van der Waals surface area contributed by atoms with E-state index in [2.05, 4.69) is 10.6 Å². The summed E-state index contributed by atoms with van der Waals surface area (Å²) in [6, 6.07) is 8.02. The molecule has 0 spiro atoms. The van der Waals surface area contributed by atoms with E-state index in [1.807, 2.05) is 0 Å². The molecule has 2 aromatic carbocycles. The van der Waals surface area contributed by atoms with Crippen LogP contribution in [0.5, 0.6) is 0 Å². The number of fused-ring (bicyclic) bond motifs is 1. The summed E-state index contributed by atoms with van der Waals surface area (Å²) >= 11 is 7.32. The van der Waals surface area contributed by atoms with Crippen LogP contribution in [-0.4, -0.2) is 31.7 Å². The third kappa shape index (κ3) is 5.03. The number of hydrogen-bond acceptors (Lipinski definition) is 5. The fraction of sp³-hybridized carbons (Fsp3) is 0.222. The average Bonchev–Trinajstić information content (AvgIpc) is 2.82. The zero-order chi connectivity index (χ0) is 20.3. The van der Waals surface area contributed by atoms with Gasteiger partial charge in [-0.25, -0.2) is 12.8 Å². The van der Waals surface area contributed by atoms with Crippen LogP contribution in [0, 0.1) is 5.82 Å². The number of carbonyl (C=O) groups is 2. The van der Waals surface area contributed by atoms with E-state index in [0.29, 0.717) is 17.9 Å². The lowest BCUT2D eigenvalue weighted by molar-refractivity contribution is -0.116. The third-order valence-electron chi connectivity index (χ3n) is 3.97. The van der Waals surface area contributed by atoms with Gasteiger partial charge in [-0.1, -0.05) is 11.6 Å². The molecule has 2 aromatic rings. The summed E-state index contributed by atoms with van der Waals surface area (Å²) in [5.74, 6) is -1.07. The van der Waals surface area contributed by atoms with Crippen molar-refractivity contribution in [3.05, 3.63) is 47.2 Å². The summed E-state index contributed by atoms with van der Waals surface area (Å²) in [7, 11) is -3.74. The molecule has 0 aromatic heterocycles. The molecule has 10 heteroatoms. The van der Waals surface area contributed by atoms with Gasteiger partial charge >= 0.3 is 0 Å². The van der Waals surface area contributed by atoms with Gasteiger partial charge < -0.3 is 10.6 Å². The molecular formula is C18H16ClFN2O4S2. The standard InChI is InChI=1S/C18H16ClFN2O4S2/c19-13-9-11(20)1-3-14(13)21-18(24)6-8-28(25,26)12-2-4-16-15(10-12)22-17(23)5-7-27-16/h1-4,9-10H,5-8H2,(H,21,24)(H,22,23). The van der Waals surface area contributed by atoms with Crippen LogP contribution in [0.4, 0.5) is 15.8 Å². The molecule has 6 nitrogen and oxygen atoms in total. The second-order valence-electron chi connectivity index (χ2n) is 6.05. The fourth-order valence-electron chi connectivity index (χ4n) is 2.54. The molecule has 1 aliphatic rings. The van der Waals surface area contributed by atoms with E-state index in [4.69, 9.17) is 11.6 Å². The van der Waals surface area contributed by atoms with Gasteiger partial charge in [0, 0.05) is 23.5 Å². The van der Waals surface area contributed by atoms with Crippen LogP contribution < -0.4 is 10.6 Å². The molecule has 1 heterocycles. The molecular weight excluding hydrogens is 427 g/mol. The Kier molecular flexibility index (Phi) is 6.26. The highest BCUT2D eigenvalue weighted by molar-refractivity contribution is 7.99. The van der Waals surface area contributed by atoms with Gasteiger partial charge in [-0.05, 0) is 36.4 Å². The second kappa shape index (κ2) is 8.50. The highest BCUT2D eigenvalue weighted by atomic mass is 35.5. The molecule has 0 saturated carbocycles. The molecule has 0 saturated heterocycles. The summed E-state index contributed by atoms with van der Waals surface area (Å²) in [4.78, 5) is 24.6. The van der Waals surface area contributed by atoms with Crippen LogP contribution in [0.1, 0.15) is 12.8 Å². The SMILES string of the molecule is O=C(CCS(=O)(=O)c1ccc2c(c1)NC(=O)CCS2)Nc1ccc(F)cc1Cl. The monoisotopic (exact) mass is 442 g/mol. The number of anilines is 2. The van der Waals surface area contributed by atoms with Crippen molar-refractivity contribution >= 4 is 56.4 Å². The minimum atomic E-state index is -3.74. The van der Waals surface area contributed by atoms with E-state index < -0.39 is 27.3 Å². The van der Waals surface area contributed by atoms with Gasteiger partial charge in [0.2, 0.25) is 11.8 Å². The molecule has 0 unspecified atom stereocenters. The first-order chi connectivity index (χ1) is 13.2. The Morgan fingerprint density at radius 2 is 2.04 bits per heavy atom. The Balaban J connectivity index is 1.68. The van der Waals surface area contributed by atoms with Crippen molar-refractivity contribution in [2.24, 2.45) is 0 Å². The lowest BCUT2D eigenvalue weighted by Crippen LogP contribution is -2.18. The van der Waals surface area contributed by atoms with Gasteiger partial charge in [-0.2, -0.15) is 0 Å². The number of halogens is 2. The maximum absolute atomic E-state index is 13.0. The number of benzene rings is 2. The molecule has 0 atom stereocenters. The predicted octanol–water partition coefficient (Wildman–Crippen LogP) is 3.72. The van der Waals surface area contributed by atoms with Crippen LogP contribution in [0.3, 0.4) is 0 Å². The van der Waals surface area contributed by atoms with Gasteiger partial charge in [0.05, 0.1) is 27.0 Å². The zero-order valence-corrected chi connectivity index (χ0v) is 16.9. The lowest BCUT2D eigenvalue weighted by atomic mass is 10.3. The lowest BCUT2D eigenvalue weighted by Gasteiger charge is -2.10. The first-order valence-electron chi connectivity index (χ1n) is 8.29.